The summed E-state index contributed by atoms with van der Waals surface area (Å²) in [7, 11) is -3.32. The van der Waals surface area contributed by atoms with Crippen molar-refractivity contribution < 1.29 is 23.4 Å². The smallest absolute Gasteiger partial charge is 0.332 e. The van der Waals surface area contributed by atoms with Crippen molar-refractivity contribution in [3.63, 3.8) is 0 Å². The molecule has 0 aliphatic rings. The number of nitrogens with one attached hydrogen (secondary N) is 1. The van der Waals surface area contributed by atoms with Crippen LogP contribution in [0.1, 0.15) is 26.2 Å². The van der Waals surface area contributed by atoms with Gasteiger partial charge < -0.3 is 10.2 Å². The summed E-state index contributed by atoms with van der Waals surface area (Å²) in [5.41, 5.74) is 0. The van der Waals surface area contributed by atoms with Crippen LogP contribution in [-0.2, 0) is 14.8 Å². The topological polar surface area (TPSA) is 104 Å². The lowest BCUT2D eigenvalue weighted by Crippen LogP contribution is -2.31. The highest BCUT2D eigenvalue weighted by Gasteiger charge is 2.14. The van der Waals surface area contributed by atoms with E-state index in [-0.39, 0.29) is 18.7 Å². The third-order valence-electron chi connectivity index (χ3n) is 1.79. The number of aliphatic hydroxyl groups excluding tert-OH is 1. The molecule has 6 nitrogen and oxygen atoms in total. The zero-order valence-electron chi connectivity index (χ0n) is 8.64. The minimum atomic E-state index is -3.32. The maximum Gasteiger partial charge on any atom is 0.332 e. The number of carboxylic acids is 1. The standard InChI is InChI=1S/C8H17NO5S/c1-2-3-6-15(13,14)9-5-4-7(10)8(11)12/h7,9-10H,2-6H2,1H3,(H,11,12)/t7-/m0/s1. The van der Waals surface area contributed by atoms with Gasteiger partial charge in [0.25, 0.3) is 0 Å². The van der Waals surface area contributed by atoms with Gasteiger partial charge in [-0.2, -0.15) is 0 Å². The van der Waals surface area contributed by atoms with E-state index in [1.54, 1.807) is 0 Å². The lowest BCUT2D eigenvalue weighted by Gasteiger charge is -2.07. The molecule has 7 heteroatoms. The third kappa shape index (κ3) is 7.29. The summed E-state index contributed by atoms with van der Waals surface area (Å²) in [6.45, 7) is 1.82. The number of unbranched alkanes of at least 4 members (excludes halogenated alkanes) is 1. The van der Waals surface area contributed by atoms with Gasteiger partial charge in [0, 0.05) is 6.54 Å². The molecule has 90 valence electrons. The van der Waals surface area contributed by atoms with Crippen molar-refractivity contribution in [2.75, 3.05) is 12.3 Å². The molecule has 0 aromatic carbocycles. The summed E-state index contributed by atoms with van der Waals surface area (Å²) >= 11 is 0. The average Bonchev–Trinajstić information content (AvgIpc) is 2.14. The molecule has 0 aliphatic heterocycles. The van der Waals surface area contributed by atoms with Crippen molar-refractivity contribution in [1.29, 1.82) is 0 Å². The van der Waals surface area contributed by atoms with Gasteiger partial charge in [0.05, 0.1) is 5.75 Å². The van der Waals surface area contributed by atoms with Crippen molar-refractivity contribution in [2.24, 2.45) is 0 Å². The number of rotatable bonds is 8. The van der Waals surface area contributed by atoms with Crippen molar-refractivity contribution >= 4 is 16.0 Å². The Hall–Kier alpha value is -0.660. The molecule has 1 atom stereocenters. The van der Waals surface area contributed by atoms with Gasteiger partial charge in [-0.25, -0.2) is 17.9 Å². The molecule has 0 heterocycles. The Labute approximate surface area is 89.4 Å². The molecule has 0 fully saturated rings. The summed E-state index contributed by atoms with van der Waals surface area (Å²) < 4.78 is 24.6. The lowest BCUT2D eigenvalue weighted by molar-refractivity contribution is -0.146. The molecule has 15 heavy (non-hydrogen) atoms. The maximum absolute atomic E-state index is 11.2. The van der Waals surface area contributed by atoms with Crippen LogP contribution in [-0.4, -0.2) is 43.0 Å². The fraction of sp³-hybridized carbons (Fsp3) is 0.875. The van der Waals surface area contributed by atoms with E-state index in [2.05, 4.69) is 4.72 Å². The molecule has 0 rings (SSSR count). The van der Waals surface area contributed by atoms with Crippen LogP contribution in [0.5, 0.6) is 0 Å². The molecule has 0 radical (unpaired) electrons. The Morgan fingerprint density at radius 2 is 2.07 bits per heavy atom. The van der Waals surface area contributed by atoms with Crippen LogP contribution in [0.3, 0.4) is 0 Å². The Morgan fingerprint density at radius 1 is 1.47 bits per heavy atom. The average molecular weight is 239 g/mol. The fourth-order valence-electron chi connectivity index (χ4n) is 0.881. The molecule has 0 saturated carbocycles. The van der Waals surface area contributed by atoms with Crippen molar-refractivity contribution in [3.05, 3.63) is 0 Å². The Bertz CT molecular complexity index is 287. The van der Waals surface area contributed by atoms with Gasteiger partial charge in [-0.15, -0.1) is 0 Å². The summed E-state index contributed by atoms with van der Waals surface area (Å²) in [5.74, 6) is -1.31. The van der Waals surface area contributed by atoms with Crippen LogP contribution in [0.15, 0.2) is 0 Å². The number of carboxylic acid groups (broad SMARTS) is 1. The number of hydrogen-bond acceptors (Lipinski definition) is 4. The zero-order valence-corrected chi connectivity index (χ0v) is 9.46. The quantitative estimate of drug-likeness (QED) is 0.532. The number of sulfonamides is 1. The highest BCUT2D eigenvalue weighted by molar-refractivity contribution is 7.89. The molecular weight excluding hydrogens is 222 g/mol. The molecule has 0 saturated heterocycles. The number of carbonyl (C=O) groups is 1. The summed E-state index contributed by atoms with van der Waals surface area (Å²) in [6.07, 6.45) is -0.297. The molecular formula is C8H17NO5S. The van der Waals surface area contributed by atoms with Crippen molar-refractivity contribution in [2.45, 2.75) is 32.3 Å². The van der Waals surface area contributed by atoms with Gasteiger partial charge in [0.15, 0.2) is 6.10 Å². The van der Waals surface area contributed by atoms with E-state index in [1.165, 1.54) is 0 Å². The first-order valence-electron chi connectivity index (χ1n) is 4.77. The summed E-state index contributed by atoms with van der Waals surface area (Å²) in [4.78, 5) is 10.2. The number of hydrogen-bond donors (Lipinski definition) is 3. The Morgan fingerprint density at radius 3 is 2.53 bits per heavy atom. The SMILES string of the molecule is CCCCS(=O)(=O)NCC[C@H](O)C(=O)O. The van der Waals surface area contributed by atoms with E-state index in [0.29, 0.717) is 6.42 Å². The highest BCUT2D eigenvalue weighted by Crippen LogP contribution is 1.95. The second kappa shape index (κ2) is 6.76. The first-order chi connectivity index (χ1) is 6.89. The lowest BCUT2D eigenvalue weighted by atomic mass is 10.3. The van der Waals surface area contributed by atoms with E-state index < -0.39 is 22.1 Å². The van der Waals surface area contributed by atoms with Crippen LogP contribution in [0.4, 0.5) is 0 Å². The second-order valence-electron chi connectivity index (χ2n) is 3.21. The van der Waals surface area contributed by atoms with Gasteiger partial charge in [-0.05, 0) is 12.8 Å². The van der Waals surface area contributed by atoms with Crippen LogP contribution in [0.25, 0.3) is 0 Å². The minimum absolute atomic E-state index is 0.0344. The third-order valence-corrected chi connectivity index (χ3v) is 3.26. The minimum Gasteiger partial charge on any atom is -0.479 e. The summed E-state index contributed by atoms with van der Waals surface area (Å²) in [6, 6.07) is 0. The molecule has 3 N–H and O–H groups in total. The van der Waals surface area contributed by atoms with Crippen molar-refractivity contribution in [1.82, 2.24) is 4.72 Å². The first kappa shape index (κ1) is 14.3. The van der Waals surface area contributed by atoms with Crippen LogP contribution in [0.2, 0.25) is 0 Å². The Kier molecular flexibility index (Phi) is 6.46. The normalized spacial score (nSPS) is 13.7. The van der Waals surface area contributed by atoms with Gasteiger partial charge in [0.1, 0.15) is 0 Å². The van der Waals surface area contributed by atoms with Crippen LogP contribution in [0, 0.1) is 0 Å². The summed E-state index contributed by atoms with van der Waals surface area (Å²) in [5, 5.41) is 17.2. The van der Waals surface area contributed by atoms with E-state index in [9.17, 15) is 13.2 Å². The molecule has 0 amide bonds. The maximum atomic E-state index is 11.2. The van der Waals surface area contributed by atoms with E-state index >= 15 is 0 Å². The first-order valence-corrected chi connectivity index (χ1v) is 6.42. The molecule has 0 aromatic heterocycles. The van der Waals surface area contributed by atoms with E-state index in [1.807, 2.05) is 6.92 Å². The van der Waals surface area contributed by atoms with Gasteiger partial charge in [0.2, 0.25) is 10.0 Å². The number of aliphatic carboxylic acids is 1. The van der Waals surface area contributed by atoms with E-state index in [0.717, 1.165) is 6.42 Å². The molecule has 0 spiro atoms. The van der Waals surface area contributed by atoms with Crippen LogP contribution >= 0.6 is 0 Å². The largest absolute Gasteiger partial charge is 0.479 e. The van der Waals surface area contributed by atoms with E-state index in [4.69, 9.17) is 10.2 Å². The monoisotopic (exact) mass is 239 g/mol. The molecule has 0 unspecified atom stereocenters. The number of aliphatic hydroxyl groups is 1. The van der Waals surface area contributed by atoms with Crippen LogP contribution < -0.4 is 4.72 Å². The van der Waals surface area contributed by atoms with Gasteiger partial charge >= 0.3 is 5.97 Å². The highest BCUT2D eigenvalue weighted by atomic mass is 32.2. The molecule has 0 aromatic rings. The Balaban J connectivity index is 3.80. The van der Waals surface area contributed by atoms with Gasteiger partial charge in [-0.1, -0.05) is 13.3 Å². The van der Waals surface area contributed by atoms with Crippen molar-refractivity contribution in [3.8, 4) is 0 Å². The second-order valence-corrected chi connectivity index (χ2v) is 5.14. The predicted molar refractivity (Wildman–Crippen MR) is 55.0 cm³/mol. The predicted octanol–water partition coefficient (Wildman–Crippen LogP) is -0.458. The molecule has 0 aliphatic carbocycles. The van der Waals surface area contributed by atoms with Gasteiger partial charge in [-0.3, -0.25) is 0 Å². The zero-order chi connectivity index (χ0) is 11.9. The fourth-order valence-corrected chi connectivity index (χ4v) is 2.12. The molecule has 0 bridgehead atoms.